The number of hydrogen-bond donors (Lipinski definition) is 2. The number of halogens is 3. The minimum atomic E-state index is -0.592. The lowest BCUT2D eigenvalue weighted by Crippen LogP contribution is -2.16. The van der Waals surface area contributed by atoms with E-state index in [1.807, 2.05) is 6.92 Å². The topological polar surface area (TPSA) is 91.2 Å². The van der Waals surface area contributed by atoms with Crippen LogP contribution in [0.1, 0.15) is 52.3 Å². The summed E-state index contributed by atoms with van der Waals surface area (Å²) in [5, 5.41) is 0.424. The molecule has 0 bridgehead atoms. The van der Waals surface area contributed by atoms with Crippen molar-refractivity contribution < 1.29 is 9.53 Å². The van der Waals surface area contributed by atoms with Gasteiger partial charge in [0, 0.05) is 28.5 Å². The summed E-state index contributed by atoms with van der Waals surface area (Å²) in [5.74, 6) is 0.245. The van der Waals surface area contributed by atoms with Crippen LogP contribution in [0.5, 0.6) is 5.75 Å². The Balaban J connectivity index is 0.00000289. The van der Waals surface area contributed by atoms with E-state index in [1.165, 1.54) is 11.6 Å². The molecule has 0 atom stereocenters. The molecule has 0 unspecified atom stereocenters. The van der Waals surface area contributed by atoms with Gasteiger partial charge in [-0.15, -0.1) is 24.8 Å². The maximum Gasteiger partial charge on any atom is 0.252 e. The van der Waals surface area contributed by atoms with Crippen molar-refractivity contribution in [1.29, 1.82) is 0 Å². The van der Waals surface area contributed by atoms with Gasteiger partial charge >= 0.3 is 0 Å². The molecule has 0 aliphatic carbocycles. The fourth-order valence-corrected chi connectivity index (χ4v) is 4.01. The Hall–Kier alpha value is -2.31. The van der Waals surface area contributed by atoms with Crippen LogP contribution in [0.4, 0.5) is 0 Å². The van der Waals surface area contributed by atoms with E-state index in [2.05, 4.69) is 45.0 Å². The molecule has 0 fully saturated rings. The number of nitrogens with two attached hydrogens (primary N) is 2. The van der Waals surface area contributed by atoms with Gasteiger partial charge in [-0.1, -0.05) is 55.3 Å². The van der Waals surface area contributed by atoms with Crippen LogP contribution in [0, 0.1) is 19.8 Å². The quantitative estimate of drug-likeness (QED) is 0.367. The molecule has 34 heavy (non-hydrogen) atoms. The van der Waals surface area contributed by atoms with E-state index >= 15 is 0 Å². The molecule has 2 aromatic carbocycles. The van der Waals surface area contributed by atoms with Crippen molar-refractivity contribution in [3.63, 3.8) is 0 Å². The van der Waals surface area contributed by atoms with Gasteiger partial charge in [0.05, 0.1) is 5.56 Å². The first-order valence-corrected chi connectivity index (χ1v) is 11.1. The standard InChI is InChI=1S/C26H30ClN3O2.2ClH/c1-15(2)11-23-21(13-28)25(18-7-5-16(3)6-8-18)22(17(4)30-23)14-32-24-10-9-19(27)12-20(24)26(29)31;;/h5-10,12,15H,11,13-14,28H2,1-4H3,(H2,29,31);2*1H. The van der Waals surface area contributed by atoms with Crippen molar-refractivity contribution in [2.75, 3.05) is 0 Å². The summed E-state index contributed by atoms with van der Waals surface area (Å²) >= 11 is 6.03. The molecule has 1 aromatic heterocycles. The highest BCUT2D eigenvalue weighted by atomic mass is 35.5. The van der Waals surface area contributed by atoms with Gasteiger partial charge in [0.15, 0.2) is 0 Å². The number of carbonyl (C=O) groups is 1. The van der Waals surface area contributed by atoms with Crippen LogP contribution >= 0.6 is 36.4 Å². The van der Waals surface area contributed by atoms with E-state index in [0.29, 0.717) is 23.2 Å². The molecule has 1 amide bonds. The number of benzene rings is 2. The second kappa shape index (κ2) is 13.0. The monoisotopic (exact) mass is 523 g/mol. The Labute approximate surface area is 219 Å². The Morgan fingerprint density at radius 3 is 2.26 bits per heavy atom. The number of hydrogen-bond acceptors (Lipinski definition) is 4. The molecular formula is C26H32Cl3N3O2. The number of primary amides is 1. The van der Waals surface area contributed by atoms with Crippen molar-refractivity contribution in [1.82, 2.24) is 4.98 Å². The van der Waals surface area contributed by atoms with Gasteiger partial charge in [0.25, 0.3) is 5.91 Å². The van der Waals surface area contributed by atoms with Crippen LogP contribution in [0.2, 0.25) is 5.02 Å². The van der Waals surface area contributed by atoms with Gasteiger partial charge in [0.1, 0.15) is 12.4 Å². The number of carbonyl (C=O) groups excluding carboxylic acids is 1. The van der Waals surface area contributed by atoms with Gasteiger partial charge in [-0.3, -0.25) is 9.78 Å². The first-order chi connectivity index (χ1) is 15.2. The number of rotatable bonds is 8. The molecule has 0 spiro atoms. The number of ether oxygens (including phenoxy) is 1. The molecule has 3 aromatic rings. The van der Waals surface area contributed by atoms with Crippen LogP contribution in [0.3, 0.4) is 0 Å². The number of pyridine rings is 1. The highest BCUT2D eigenvalue weighted by Crippen LogP contribution is 2.34. The zero-order valence-corrected chi connectivity index (χ0v) is 22.2. The molecule has 5 nitrogen and oxygen atoms in total. The summed E-state index contributed by atoms with van der Waals surface area (Å²) in [6.07, 6.45) is 0.844. The van der Waals surface area contributed by atoms with E-state index in [9.17, 15) is 4.79 Å². The summed E-state index contributed by atoms with van der Waals surface area (Å²) in [6.45, 7) is 8.98. The zero-order valence-electron chi connectivity index (χ0n) is 19.9. The molecule has 0 aliphatic heterocycles. The summed E-state index contributed by atoms with van der Waals surface area (Å²) < 4.78 is 6.09. The number of aryl methyl sites for hydroxylation is 2. The first-order valence-electron chi connectivity index (χ1n) is 10.7. The Morgan fingerprint density at radius 2 is 1.71 bits per heavy atom. The van der Waals surface area contributed by atoms with E-state index in [4.69, 9.17) is 32.8 Å². The lowest BCUT2D eigenvalue weighted by molar-refractivity contribution is 0.0996. The van der Waals surface area contributed by atoms with Crippen molar-refractivity contribution in [2.45, 2.75) is 47.3 Å². The third kappa shape index (κ3) is 6.86. The minimum absolute atomic E-state index is 0. The average molecular weight is 525 g/mol. The smallest absolute Gasteiger partial charge is 0.252 e. The molecule has 3 rings (SSSR count). The lowest BCUT2D eigenvalue weighted by atomic mass is 9.90. The van der Waals surface area contributed by atoms with Gasteiger partial charge in [-0.05, 0) is 61.1 Å². The lowest BCUT2D eigenvalue weighted by Gasteiger charge is -2.21. The SMILES string of the molecule is Cc1ccc(-c2c(COc3ccc(Cl)cc3C(N)=O)c(C)nc(CC(C)C)c2CN)cc1.Cl.Cl. The average Bonchev–Trinajstić information content (AvgIpc) is 2.73. The van der Waals surface area contributed by atoms with E-state index in [0.717, 1.165) is 40.1 Å². The van der Waals surface area contributed by atoms with E-state index < -0.39 is 5.91 Å². The molecule has 0 saturated heterocycles. The predicted octanol–water partition coefficient (Wildman–Crippen LogP) is 6.20. The summed E-state index contributed by atoms with van der Waals surface area (Å²) in [4.78, 5) is 16.8. The Bertz CT molecular complexity index is 1130. The Kier molecular flexibility index (Phi) is 11.3. The van der Waals surface area contributed by atoms with Gasteiger partial charge < -0.3 is 16.2 Å². The fraction of sp³-hybridized carbons (Fsp3) is 0.308. The Morgan fingerprint density at radius 1 is 1.06 bits per heavy atom. The molecule has 0 saturated carbocycles. The molecule has 0 radical (unpaired) electrons. The van der Waals surface area contributed by atoms with Crippen LogP contribution in [-0.2, 0) is 19.6 Å². The first kappa shape index (κ1) is 29.7. The molecular weight excluding hydrogens is 493 g/mol. The summed E-state index contributed by atoms with van der Waals surface area (Å²) in [7, 11) is 0. The van der Waals surface area contributed by atoms with Crippen LogP contribution in [0.25, 0.3) is 11.1 Å². The third-order valence-electron chi connectivity index (χ3n) is 5.42. The van der Waals surface area contributed by atoms with Crippen molar-refractivity contribution >= 4 is 42.3 Å². The maximum absolute atomic E-state index is 11.9. The molecule has 8 heteroatoms. The molecule has 0 aliphatic rings. The summed E-state index contributed by atoms with van der Waals surface area (Å²) in [5.41, 5.74) is 19.2. The normalized spacial score (nSPS) is 10.4. The minimum Gasteiger partial charge on any atom is -0.488 e. The van der Waals surface area contributed by atoms with E-state index in [1.54, 1.807) is 12.1 Å². The van der Waals surface area contributed by atoms with Crippen LogP contribution < -0.4 is 16.2 Å². The van der Waals surface area contributed by atoms with Crippen LogP contribution in [-0.4, -0.2) is 10.9 Å². The second-order valence-corrected chi connectivity index (χ2v) is 8.87. The fourth-order valence-electron chi connectivity index (χ4n) is 3.84. The van der Waals surface area contributed by atoms with Gasteiger partial charge in [0.2, 0.25) is 0 Å². The highest BCUT2D eigenvalue weighted by molar-refractivity contribution is 6.31. The number of nitrogens with zero attached hydrogens (tertiary/aromatic N) is 1. The predicted molar refractivity (Wildman–Crippen MR) is 144 cm³/mol. The largest absolute Gasteiger partial charge is 0.488 e. The van der Waals surface area contributed by atoms with Crippen LogP contribution in [0.15, 0.2) is 42.5 Å². The number of amides is 1. The highest BCUT2D eigenvalue weighted by Gasteiger charge is 2.20. The molecule has 184 valence electrons. The van der Waals surface area contributed by atoms with Crippen molar-refractivity contribution in [3.8, 4) is 16.9 Å². The molecule has 1 heterocycles. The third-order valence-corrected chi connectivity index (χ3v) is 5.65. The van der Waals surface area contributed by atoms with Crippen molar-refractivity contribution in [2.24, 2.45) is 17.4 Å². The zero-order chi connectivity index (χ0) is 23.4. The second-order valence-electron chi connectivity index (χ2n) is 8.44. The molecule has 4 N–H and O–H groups in total. The number of aromatic nitrogens is 1. The van der Waals surface area contributed by atoms with Crippen molar-refractivity contribution in [3.05, 3.63) is 81.1 Å². The van der Waals surface area contributed by atoms with E-state index in [-0.39, 0.29) is 37.0 Å². The van der Waals surface area contributed by atoms with Gasteiger partial charge in [-0.25, -0.2) is 0 Å². The summed E-state index contributed by atoms with van der Waals surface area (Å²) in [6, 6.07) is 13.2. The maximum atomic E-state index is 11.9. The van der Waals surface area contributed by atoms with Gasteiger partial charge in [-0.2, -0.15) is 0 Å².